The number of methoxy groups -OCH3 is 2. The molecule has 1 aromatic rings. The summed E-state index contributed by atoms with van der Waals surface area (Å²) in [6.07, 6.45) is -0.409. The first-order valence-corrected chi connectivity index (χ1v) is 5.26. The van der Waals surface area contributed by atoms with Crippen LogP contribution < -0.4 is 15.2 Å². The van der Waals surface area contributed by atoms with Gasteiger partial charge in [0.1, 0.15) is 11.5 Å². The van der Waals surface area contributed by atoms with Gasteiger partial charge in [0, 0.05) is 12.0 Å². The van der Waals surface area contributed by atoms with Crippen molar-refractivity contribution in [3.8, 4) is 11.5 Å². The number of primary amides is 1. The van der Waals surface area contributed by atoms with E-state index in [1.807, 2.05) is 0 Å². The first-order valence-electron chi connectivity index (χ1n) is 5.26. The van der Waals surface area contributed by atoms with Gasteiger partial charge in [0.05, 0.1) is 20.3 Å². The van der Waals surface area contributed by atoms with Gasteiger partial charge in [0.25, 0.3) is 0 Å². The van der Waals surface area contributed by atoms with Crippen LogP contribution in [0, 0.1) is 0 Å². The van der Waals surface area contributed by atoms with Gasteiger partial charge in [-0.3, -0.25) is 4.79 Å². The second kappa shape index (κ2) is 6.10. The Labute approximate surface area is 100 Å². The number of nitrogens with two attached hydrogens (primary N) is 1. The van der Waals surface area contributed by atoms with Crippen LogP contribution in [0.1, 0.15) is 24.5 Å². The van der Waals surface area contributed by atoms with Crippen LogP contribution >= 0.6 is 0 Å². The fourth-order valence-corrected chi connectivity index (χ4v) is 1.53. The summed E-state index contributed by atoms with van der Waals surface area (Å²) in [4.78, 5) is 10.7. The lowest BCUT2D eigenvalue weighted by Gasteiger charge is -2.15. The van der Waals surface area contributed by atoms with Gasteiger partial charge in [-0.1, -0.05) is 0 Å². The van der Waals surface area contributed by atoms with Gasteiger partial charge in [-0.25, -0.2) is 0 Å². The molecule has 0 aliphatic carbocycles. The Morgan fingerprint density at radius 1 is 1.41 bits per heavy atom. The van der Waals surface area contributed by atoms with Gasteiger partial charge < -0.3 is 20.3 Å². The van der Waals surface area contributed by atoms with E-state index in [1.54, 1.807) is 25.3 Å². The highest BCUT2D eigenvalue weighted by Crippen LogP contribution is 2.31. The largest absolute Gasteiger partial charge is 0.497 e. The fraction of sp³-hybridized carbons (Fsp3) is 0.417. The van der Waals surface area contributed by atoms with Crippen LogP contribution in [0.2, 0.25) is 0 Å². The van der Waals surface area contributed by atoms with E-state index in [0.29, 0.717) is 17.1 Å². The molecule has 1 aromatic carbocycles. The smallest absolute Gasteiger partial charge is 0.217 e. The van der Waals surface area contributed by atoms with Crippen molar-refractivity contribution in [2.24, 2.45) is 5.73 Å². The molecular formula is C12H17NO4. The number of hydrogen-bond acceptors (Lipinski definition) is 4. The highest BCUT2D eigenvalue weighted by atomic mass is 16.5. The minimum atomic E-state index is -0.799. The number of ether oxygens (including phenoxy) is 2. The molecule has 0 aliphatic heterocycles. The molecular weight excluding hydrogens is 222 g/mol. The summed E-state index contributed by atoms with van der Waals surface area (Å²) in [6, 6.07) is 5.13. The zero-order valence-electron chi connectivity index (χ0n) is 9.97. The molecule has 0 aromatic heterocycles. The molecule has 0 heterocycles. The summed E-state index contributed by atoms with van der Waals surface area (Å²) in [5.74, 6) is 0.743. The highest BCUT2D eigenvalue weighted by Gasteiger charge is 2.15. The highest BCUT2D eigenvalue weighted by molar-refractivity contribution is 5.73. The number of hydrogen-bond donors (Lipinski definition) is 2. The molecule has 1 atom stereocenters. The van der Waals surface area contributed by atoms with Crippen molar-refractivity contribution < 1.29 is 19.4 Å². The molecule has 0 bridgehead atoms. The van der Waals surface area contributed by atoms with Crippen molar-refractivity contribution in [2.45, 2.75) is 18.9 Å². The Morgan fingerprint density at radius 3 is 2.65 bits per heavy atom. The summed E-state index contributed by atoms with van der Waals surface area (Å²) in [5.41, 5.74) is 5.63. The maximum absolute atomic E-state index is 10.7. The molecule has 0 fully saturated rings. The van der Waals surface area contributed by atoms with Crippen LogP contribution in [0.5, 0.6) is 11.5 Å². The summed E-state index contributed by atoms with van der Waals surface area (Å²) in [5, 5.41) is 9.96. The van der Waals surface area contributed by atoms with E-state index in [4.69, 9.17) is 15.2 Å². The third-order valence-corrected chi connectivity index (χ3v) is 2.46. The first kappa shape index (κ1) is 13.3. The minimum Gasteiger partial charge on any atom is -0.497 e. The second-order valence-electron chi connectivity index (χ2n) is 3.63. The Balaban J connectivity index is 2.88. The summed E-state index contributed by atoms with van der Waals surface area (Å²) >= 11 is 0. The van der Waals surface area contributed by atoms with E-state index < -0.39 is 12.0 Å². The molecule has 5 nitrogen and oxygen atoms in total. The zero-order chi connectivity index (χ0) is 12.8. The van der Waals surface area contributed by atoms with Gasteiger partial charge in [-0.05, 0) is 24.6 Å². The topological polar surface area (TPSA) is 81.8 Å². The third kappa shape index (κ3) is 3.64. The minimum absolute atomic E-state index is 0.127. The van der Waals surface area contributed by atoms with Crippen LogP contribution in [0.15, 0.2) is 18.2 Å². The standard InChI is InChI=1S/C12H17NO4/c1-16-8-3-5-11(17-2)9(7-8)10(14)4-6-12(13)15/h3,5,7,10,14H,4,6H2,1-2H3,(H2,13,15). The number of amides is 1. The van der Waals surface area contributed by atoms with Crippen LogP contribution in [-0.4, -0.2) is 25.2 Å². The molecule has 0 saturated heterocycles. The molecule has 0 spiro atoms. The maximum Gasteiger partial charge on any atom is 0.217 e. The van der Waals surface area contributed by atoms with E-state index in [2.05, 4.69) is 0 Å². The average molecular weight is 239 g/mol. The number of rotatable bonds is 6. The summed E-state index contributed by atoms with van der Waals surface area (Å²) < 4.78 is 10.2. The van der Waals surface area contributed by atoms with Crippen LogP contribution in [0.3, 0.4) is 0 Å². The van der Waals surface area contributed by atoms with Gasteiger partial charge in [0.2, 0.25) is 5.91 Å². The average Bonchev–Trinajstić information content (AvgIpc) is 2.34. The Kier molecular flexibility index (Phi) is 4.78. The van der Waals surface area contributed by atoms with Crippen molar-refractivity contribution in [3.63, 3.8) is 0 Å². The van der Waals surface area contributed by atoms with Crippen molar-refractivity contribution in [2.75, 3.05) is 14.2 Å². The van der Waals surface area contributed by atoms with Crippen molar-refractivity contribution in [3.05, 3.63) is 23.8 Å². The second-order valence-corrected chi connectivity index (χ2v) is 3.63. The van der Waals surface area contributed by atoms with E-state index in [1.165, 1.54) is 7.11 Å². The van der Waals surface area contributed by atoms with E-state index in [9.17, 15) is 9.90 Å². The van der Waals surface area contributed by atoms with Crippen molar-refractivity contribution in [1.82, 2.24) is 0 Å². The Morgan fingerprint density at radius 2 is 2.12 bits per heavy atom. The van der Waals surface area contributed by atoms with Crippen molar-refractivity contribution >= 4 is 5.91 Å². The molecule has 1 unspecified atom stereocenters. The lowest BCUT2D eigenvalue weighted by atomic mass is 10.0. The first-order chi connectivity index (χ1) is 8.08. The van der Waals surface area contributed by atoms with Crippen LogP contribution in [-0.2, 0) is 4.79 Å². The van der Waals surface area contributed by atoms with Gasteiger partial charge >= 0.3 is 0 Å². The summed E-state index contributed by atoms with van der Waals surface area (Å²) in [6.45, 7) is 0. The number of aliphatic hydroxyl groups excluding tert-OH is 1. The predicted molar refractivity (Wildman–Crippen MR) is 62.9 cm³/mol. The maximum atomic E-state index is 10.7. The number of benzene rings is 1. The molecule has 17 heavy (non-hydrogen) atoms. The molecule has 1 rings (SSSR count). The van der Waals surface area contributed by atoms with E-state index >= 15 is 0 Å². The van der Waals surface area contributed by atoms with E-state index in [-0.39, 0.29) is 12.8 Å². The van der Waals surface area contributed by atoms with E-state index in [0.717, 1.165) is 0 Å². The lowest BCUT2D eigenvalue weighted by Crippen LogP contribution is -2.12. The predicted octanol–water partition coefficient (Wildman–Crippen LogP) is 1.00. The number of carbonyl (C=O) groups is 1. The molecule has 3 N–H and O–H groups in total. The monoisotopic (exact) mass is 239 g/mol. The van der Waals surface area contributed by atoms with Gasteiger partial charge in [-0.2, -0.15) is 0 Å². The molecule has 5 heteroatoms. The lowest BCUT2D eigenvalue weighted by molar-refractivity contribution is -0.118. The molecule has 0 saturated carbocycles. The molecule has 0 radical (unpaired) electrons. The molecule has 0 aliphatic rings. The molecule has 94 valence electrons. The Bertz CT molecular complexity index is 392. The van der Waals surface area contributed by atoms with Crippen LogP contribution in [0.4, 0.5) is 0 Å². The van der Waals surface area contributed by atoms with Gasteiger partial charge in [0.15, 0.2) is 0 Å². The molecule has 1 amide bonds. The SMILES string of the molecule is COc1ccc(OC)c(C(O)CCC(N)=O)c1. The number of carbonyl (C=O) groups excluding carboxylic acids is 1. The zero-order valence-corrected chi connectivity index (χ0v) is 9.97. The van der Waals surface area contributed by atoms with Crippen molar-refractivity contribution in [1.29, 1.82) is 0 Å². The van der Waals surface area contributed by atoms with Gasteiger partial charge in [-0.15, -0.1) is 0 Å². The Hall–Kier alpha value is -1.75. The third-order valence-electron chi connectivity index (χ3n) is 2.46. The summed E-state index contributed by atoms with van der Waals surface area (Å²) in [7, 11) is 3.06. The quantitative estimate of drug-likeness (QED) is 0.776. The van der Waals surface area contributed by atoms with Crippen LogP contribution in [0.25, 0.3) is 0 Å². The fourth-order valence-electron chi connectivity index (χ4n) is 1.53. The normalized spacial score (nSPS) is 11.9. The number of aliphatic hydroxyl groups is 1.